The van der Waals surface area contributed by atoms with E-state index in [-0.39, 0.29) is 23.2 Å². The molecule has 0 heterocycles. The smallest absolute Gasteiger partial charge is 0.307 e. The van der Waals surface area contributed by atoms with Gasteiger partial charge >= 0.3 is 5.69 Å². The summed E-state index contributed by atoms with van der Waals surface area (Å²) >= 11 is 5.43. The minimum atomic E-state index is -1.00. The van der Waals surface area contributed by atoms with E-state index in [2.05, 4.69) is 4.99 Å². The summed E-state index contributed by atoms with van der Waals surface area (Å²) in [6, 6.07) is 1.81. The van der Waals surface area contributed by atoms with Crippen molar-refractivity contribution in [1.82, 2.24) is 0 Å². The van der Waals surface area contributed by atoms with Crippen LogP contribution in [-0.4, -0.2) is 23.7 Å². The lowest BCUT2D eigenvalue weighted by molar-refractivity contribution is -0.387. The van der Waals surface area contributed by atoms with Gasteiger partial charge in [0.2, 0.25) is 5.82 Å². The second-order valence-corrected chi connectivity index (χ2v) is 3.24. The highest BCUT2D eigenvalue weighted by molar-refractivity contribution is 6.28. The van der Waals surface area contributed by atoms with Crippen molar-refractivity contribution >= 4 is 28.8 Å². The van der Waals surface area contributed by atoms with Gasteiger partial charge in [-0.2, -0.15) is 4.39 Å². The third-order valence-electron chi connectivity index (χ3n) is 1.85. The van der Waals surface area contributed by atoms with Crippen LogP contribution in [-0.2, 0) is 0 Å². The van der Waals surface area contributed by atoms with E-state index in [0.29, 0.717) is 0 Å². The van der Waals surface area contributed by atoms with Gasteiger partial charge in [0.15, 0.2) is 0 Å². The van der Waals surface area contributed by atoms with E-state index >= 15 is 0 Å². The van der Waals surface area contributed by atoms with Crippen molar-refractivity contribution in [2.24, 2.45) is 10.7 Å². The Labute approximate surface area is 101 Å². The van der Waals surface area contributed by atoms with E-state index in [9.17, 15) is 14.5 Å². The first-order valence-electron chi connectivity index (χ1n) is 4.40. The zero-order valence-corrected chi connectivity index (χ0v) is 9.57. The molecule has 6 nitrogen and oxygen atoms in total. The minimum absolute atomic E-state index is 0.0427. The largest absolute Gasteiger partial charge is 0.494 e. The second kappa shape index (κ2) is 5.44. The molecule has 8 heteroatoms. The van der Waals surface area contributed by atoms with Crippen LogP contribution in [0.1, 0.15) is 0 Å². The van der Waals surface area contributed by atoms with Gasteiger partial charge in [0.05, 0.1) is 17.9 Å². The molecule has 1 aromatic rings. The highest BCUT2D eigenvalue weighted by Crippen LogP contribution is 2.33. The monoisotopic (exact) mass is 261 g/mol. The Kier molecular flexibility index (Phi) is 4.22. The second-order valence-electron chi connectivity index (χ2n) is 2.97. The molecule has 0 fully saturated rings. The van der Waals surface area contributed by atoms with Gasteiger partial charge in [-0.3, -0.25) is 10.1 Å². The third-order valence-corrected chi connectivity index (χ3v) is 2.12. The van der Waals surface area contributed by atoms with Crippen LogP contribution in [0.2, 0.25) is 0 Å². The molecule has 0 amide bonds. The van der Waals surface area contributed by atoms with Gasteiger partial charge in [-0.1, -0.05) is 0 Å². The number of nitro benzene ring substituents is 1. The van der Waals surface area contributed by atoms with Crippen molar-refractivity contribution in [1.29, 1.82) is 0 Å². The quantitative estimate of drug-likeness (QED) is 0.295. The number of hydrogen-bond donors (Lipinski definition) is 1. The fourth-order valence-corrected chi connectivity index (χ4v) is 1.17. The summed E-state index contributed by atoms with van der Waals surface area (Å²) in [5.74, 6) is -0.962. The molecule has 0 bridgehead atoms. The summed E-state index contributed by atoms with van der Waals surface area (Å²) in [4.78, 5) is 13.5. The Balaban J connectivity index is 3.36. The van der Waals surface area contributed by atoms with Crippen molar-refractivity contribution in [2.75, 3.05) is 13.0 Å². The third kappa shape index (κ3) is 3.04. The molecule has 2 N–H and O–H groups in total. The summed E-state index contributed by atoms with van der Waals surface area (Å²) in [5.41, 5.74) is 4.74. The summed E-state index contributed by atoms with van der Waals surface area (Å²) in [6.07, 6.45) is 0. The predicted molar refractivity (Wildman–Crippen MR) is 61.6 cm³/mol. The summed E-state index contributed by atoms with van der Waals surface area (Å²) in [6.45, 7) is 0. The molecule has 0 unspecified atom stereocenters. The zero-order valence-electron chi connectivity index (χ0n) is 8.81. The Morgan fingerprint density at radius 2 is 2.35 bits per heavy atom. The van der Waals surface area contributed by atoms with E-state index in [1.807, 2.05) is 0 Å². The number of hydrogen-bond acceptors (Lipinski definition) is 4. The SMILES string of the molecule is COc1cc(F)c([N+](=O)[O-])cc1N=C(N)CCl. The molecular formula is C9H9ClFN3O3. The van der Waals surface area contributed by atoms with Crippen LogP contribution < -0.4 is 10.5 Å². The molecule has 1 rings (SSSR count). The lowest BCUT2D eigenvalue weighted by atomic mass is 10.2. The molecule has 0 aliphatic rings. The van der Waals surface area contributed by atoms with Crippen LogP contribution in [0.25, 0.3) is 0 Å². The molecule has 0 aromatic heterocycles. The van der Waals surface area contributed by atoms with Gasteiger partial charge in [-0.15, -0.1) is 11.6 Å². The van der Waals surface area contributed by atoms with Gasteiger partial charge in [0, 0.05) is 12.1 Å². The molecule has 92 valence electrons. The van der Waals surface area contributed by atoms with Crippen LogP contribution in [0.15, 0.2) is 17.1 Å². The normalized spacial score (nSPS) is 11.4. The number of nitro groups is 1. The van der Waals surface area contributed by atoms with Crippen molar-refractivity contribution in [3.63, 3.8) is 0 Å². The predicted octanol–water partition coefficient (Wildman–Crippen LogP) is 1.97. The van der Waals surface area contributed by atoms with Gasteiger partial charge in [0.1, 0.15) is 17.3 Å². The number of methoxy groups -OCH3 is 1. The maximum Gasteiger partial charge on any atom is 0.307 e. The maximum absolute atomic E-state index is 13.3. The van der Waals surface area contributed by atoms with Crippen LogP contribution in [0, 0.1) is 15.9 Å². The van der Waals surface area contributed by atoms with Crippen LogP contribution in [0.4, 0.5) is 15.8 Å². The molecule has 0 aliphatic carbocycles. The highest BCUT2D eigenvalue weighted by Gasteiger charge is 2.18. The van der Waals surface area contributed by atoms with E-state index in [0.717, 1.165) is 12.1 Å². The van der Waals surface area contributed by atoms with Gasteiger partial charge in [-0.25, -0.2) is 4.99 Å². The Bertz CT molecular complexity index is 479. The average Bonchev–Trinajstić information content (AvgIpc) is 2.30. The van der Waals surface area contributed by atoms with Gasteiger partial charge in [-0.05, 0) is 0 Å². The number of aliphatic imine (C=N–C) groups is 1. The van der Waals surface area contributed by atoms with Crippen molar-refractivity contribution in [3.8, 4) is 5.75 Å². The minimum Gasteiger partial charge on any atom is -0.494 e. The summed E-state index contributed by atoms with van der Waals surface area (Å²) < 4.78 is 18.1. The fraction of sp³-hybridized carbons (Fsp3) is 0.222. The first-order chi connectivity index (χ1) is 7.99. The number of nitrogens with zero attached hydrogens (tertiary/aromatic N) is 2. The number of benzene rings is 1. The molecule has 0 saturated heterocycles. The van der Waals surface area contributed by atoms with Gasteiger partial charge in [0.25, 0.3) is 0 Å². The molecule has 0 aliphatic heterocycles. The lowest BCUT2D eigenvalue weighted by Crippen LogP contribution is -2.12. The number of halogens is 2. The summed E-state index contributed by atoms with van der Waals surface area (Å²) in [5, 5.41) is 10.5. The Morgan fingerprint density at radius 3 is 2.82 bits per heavy atom. The lowest BCUT2D eigenvalue weighted by Gasteiger charge is -2.05. The average molecular weight is 262 g/mol. The van der Waals surface area contributed by atoms with Crippen molar-refractivity contribution in [2.45, 2.75) is 0 Å². The number of ether oxygens (including phenoxy) is 1. The molecule has 0 saturated carbocycles. The van der Waals surface area contributed by atoms with Crippen LogP contribution in [0.5, 0.6) is 5.75 Å². The molecule has 0 spiro atoms. The molecule has 1 aromatic carbocycles. The van der Waals surface area contributed by atoms with Crippen LogP contribution in [0.3, 0.4) is 0 Å². The number of nitrogens with two attached hydrogens (primary N) is 1. The Morgan fingerprint density at radius 1 is 1.71 bits per heavy atom. The van der Waals surface area contributed by atoms with E-state index in [4.69, 9.17) is 22.1 Å². The van der Waals surface area contributed by atoms with E-state index in [1.54, 1.807) is 0 Å². The number of rotatable bonds is 4. The maximum atomic E-state index is 13.3. The van der Waals surface area contributed by atoms with E-state index in [1.165, 1.54) is 7.11 Å². The number of amidine groups is 1. The van der Waals surface area contributed by atoms with Crippen molar-refractivity contribution < 1.29 is 14.1 Å². The summed E-state index contributed by atoms with van der Waals surface area (Å²) in [7, 11) is 1.29. The molecule has 0 radical (unpaired) electrons. The van der Waals surface area contributed by atoms with Crippen molar-refractivity contribution in [3.05, 3.63) is 28.1 Å². The first-order valence-corrected chi connectivity index (χ1v) is 4.94. The van der Waals surface area contributed by atoms with Gasteiger partial charge < -0.3 is 10.5 Å². The standard InChI is InChI=1S/C9H9ClFN3O3/c1-17-8-2-5(11)7(14(15)16)3-6(8)13-9(12)4-10/h2-3H,4H2,1H3,(H2,12,13). The number of alkyl halides is 1. The Hall–Kier alpha value is -1.89. The van der Waals surface area contributed by atoms with Crippen LogP contribution >= 0.6 is 11.6 Å². The molecule has 17 heavy (non-hydrogen) atoms. The van der Waals surface area contributed by atoms with E-state index < -0.39 is 16.4 Å². The molecular weight excluding hydrogens is 253 g/mol. The zero-order chi connectivity index (χ0) is 13.0. The first kappa shape index (κ1) is 13.2. The molecule has 0 atom stereocenters. The topological polar surface area (TPSA) is 90.8 Å². The fourth-order valence-electron chi connectivity index (χ4n) is 1.11. The highest BCUT2D eigenvalue weighted by atomic mass is 35.5.